The summed E-state index contributed by atoms with van der Waals surface area (Å²) in [5.74, 6) is 3.09. The van der Waals surface area contributed by atoms with Crippen molar-refractivity contribution in [1.82, 2.24) is 0 Å². The lowest BCUT2D eigenvalue weighted by Gasteiger charge is -2.34. The standard InChI is InChI=1S/C22H28O/c1-17(19-12-8-13-21(16-19)23-2)15-20-11-6-7-14-22(20)18-9-4-3-5-10-18/h3-5,8-10,12-13,16-17,20,22H,6-7,11,14-15H2,1-2H3/t17-,20?,22?/m1/s1. The van der Waals surface area contributed by atoms with Crippen LogP contribution in [0.5, 0.6) is 5.75 Å². The molecule has 2 aromatic rings. The minimum Gasteiger partial charge on any atom is -0.497 e. The van der Waals surface area contributed by atoms with Gasteiger partial charge in [-0.15, -0.1) is 0 Å². The van der Waals surface area contributed by atoms with Gasteiger partial charge in [0, 0.05) is 0 Å². The first-order valence-electron chi connectivity index (χ1n) is 8.97. The molecule has 0 spiro atoms. The molecule has 3 rings (SSSR count). The van der Waals surface area contributed by atoms with Gasteiger partial charge < -0.3 is 4.74 Å². The largest absolute Gasteiger partial charge is 0.497 e. The lowest BCUT2D eigenvalue weighted by Crippen LogP contribution is -2.19. The molecule has 0 bridgehead atoms. The van der Waals surface area contributed by atoms with Crippen molar-refractivity contribution in [2.45, 2.75) is 50.9 Å². The van der Waals surface area contributed by atoms with E-state index in [4.69, 9.17) is 4.74 Å². The van der Waals surface area contributed by atoms with Crippen LogP contribution in [0.2, 0.25) is 0 Å². The second-order valence-electron chi connectivity index (χ2n) is 6.98. The molecule has 1 heteroatoms. The van der Waals surface area contributed by atoms with Gasteiger partial charge in [-0.25, -0.2) is 0 Å². The Hall–Kier alpha value is -1.76. The van der Waals surface area contributed by atoms with Crippen LogP contribution in [0.15, 0.2) is 54.6 Å². The van der Waals surface area contributed by atoms with Crippen LogP contribution in [0, 0.1) is 5.92 Å². The normalized spacial score (nSPS) is 22.5. The maximum atomic E-state index is 5.39. The average molecular weight is 308 g/mol. The summed E-state index contributed by atoms with van der Waals surface area (Å²) in [6.45, 7) is 2.37. The van der Waals surface area contributed by atoms with Gasteiger partial charge in [0.1, 0.15) is 5.75 Å². The Morgan fingerprint density at radius 3 is 2.57 bits per heavy atom. The molecule has 0 aliphatic heterocycles. The Morgan fingerprint density at radius 2 is 1.78 bits per heavy atom. The SMILES string of the molecule is COc1cccc([C@H](C)CC2CCCCC2c2ccccc2)c1. The summed E-state index contributed by atoms with van der Waals surface area (Å²) in [7, 11) is 1.75. The highest BCUT2D eigenvalue weighted by Crippen LogP contribution is 2.42. The minimum absolute atomic E-state index is 0.583. The minimum atomic E-state index is 0.583. The molecule has 1 saturated carbocycles. The maximum Gasteiger partial charge on any atom is 0.119 e. The molecule has 0 heterocycles. The van der Waals surface area contributed by atoms with E-state index in [0.717, 1.165) is 17.6 Å². The van der Waals surface area contributed by atoms with E-state index in [0.29, 0.717) is 5.92 Å². The third kappa shape index (κ3) is 3.96. The van der Waals surface area contributed by atoms with Gasteiger partial charge in [0.15, 0.2) is 0 Å². The molecule has 1 nitrogen and oxygen atoms in total. The van der Waals surface area contributed by atoms with Gasteiger partial charge >= 0.3 is 0 Å². The van der Waals surface area contributed by atoms with Gasteiger partial charge in [-0.3, -0.25) is 0 Å². The first-order chi connectivity index (χ1) is 11.3. The van der Waals surface area contributed by atoms with Gasteiger partial charge in [-0.05, 0) is 60.3 Å². The topological polar surface area (TPSA) is 9.23 Å². The molecule has 2 unspecified atom stereocenters. The Morgan fingerprint density at radius 1 is 1.00 bits per heavy atom. The predicted molar refractivity (Wildman–Crippen MR) is 97.2 cm³/mol. The fourth-order valence-corrected chi connectivity index (χ4v) is 4.17. The average Bonchev–Trinajstić information content (AvgIpc) is 2.63. The van der Waals surface area contributed by atoms with Crippen molar-refractivity contribution >= 4 is 0 Å². The highest BCUT2D eigenvalue weighted by atomic mass is 16.5. The number of benzene rings is 2. The summed E-state index contributed by atoms with van der Waals surface area (Å²) in [6.07, 6.45) is 6.75. The number of rotatable bonds is 5. The van der Waals surface area contributed by atoms with E-state index in [2.05, 4.69) is 55.5 Å². The third-order valence-corrected chi connectivity index (χ3v) is 5.46. The van der Waals surface area contributed by atoms with Crippen molar-refractivity contribution in [1.29, 1.82) is 0 Å². The van der Waals surface area contributed by atoms with Crippen molar-refractivity contribution in [3.8, 4) is 5.75 Å². The molecular formula is C22H28O. The van der Waals surface area contributed by atoms with Crippen molar-refractivity contribution in [2.24, 2.45) is 5.92 Å². The van der Waals surface area contributed by atoms with Crippen molar-refractivity contribution in [3.63, 3.8) is 0 Å². The second kappa shape index (κ2) is 7.68. The summed E-state index contributed by atoms with van der Waals surface area (Å²) >= 11 is 0. The molecule has 23 heavy (non-hydrogen) atoms. The number of hydrogen-bond acceptors (Lipinski definition) is 1. The van der Waals surface area contributed by atoms with E-state index < -0.39 is 0 Å². The molecule has 0 amide bonds. The summed E-state index contributed by atoms with van der Waals surface area (Å²) < 4.78 is 5.39. The fraction of sp³-hybridized carbons (Fsp3) is 0.455. The zero-order valence-electron chi connectivity index (χ0n) is 14.4. The zero-order valence-corrected chi connectivity index (χ0v) is 14.4. The molecule has 0 N–H and O–H groups in total. The van der Waals surface area contributed by atoms with Gasteiger partial charge in [0.2, 0.25) is 0 Å². The van der Waals surface area contributed by atoms with Gasteiger partial charge in [-0.2, -0.15) is 0 Å². The summed E-state index contributed by atoms with van der Waals surface area (Å²) in [5, 5.41) is 0. The van der Waals surface area contributed by atoms with E-state index in [-0.39, 0.29) is 0 Å². The monoisotopic (exact) mass is 308 g/mol. The van der Waals surface area contributed by atoms with Gasteiger partial charge in [0.05, 0.1) is 7.11 Å². The first kappa shape index (κ1) is 16.1. The van der Waals surface area contributed by atoms with E-state index in [1.54, 1.807) is 7.11 Å². The third-order valence-electron chi connectivity index (χ3n) is 5.46. The molecule has 122 valence electrons. The van der Waals surface area contributed by atoms with Crippen LogP contribution in [0.25, 0.3) is 0 Å². The smallest absolute Gasteiger partial charge is 0.119 e. The highest BCUT2D eigenvalue weighted by molar-refractivity contribution is 5.31. The number of methoxy groups -OCH3 is 1. The summed E-state index contributed by atoms with van der Waals surface area (Å²) in [6, 6.07) is 19.7. The molecule has 1 fully saturated rings. The van der Waals surface area contributed by atoms with Crippen LogP contribution in [0.4, 0.5) is 0 Å². The number of ether oxygens (including phenoxy) is 1. The Labute approximate surface area is 140 Å². The summed E-state index contributed by atoms with van der Waals surface area (Å²) in [4.78, 5) is 0. The van der Waals surface area contributed by atoms with Crippen LogP contribution in [-0.4, -0.2) is 7.11 Å². The molecular weight excluding hydrogens is 280 g/mol. The van der Waals surface area contributed by atoms with E-state index in [1.807, 2.05) is 6.07 Å². The zero-order chi connectivity index (χ0) is 16.1. The first-order valence-corrected chi connectivity index (χ1v) is 8.97. The lowest BCUT2D eigenvalue weighted by atomic mass is 9.71. The second-order valence-corrected chi connectivity index (χ2v) is 6.98. The molecule has 3 atom stereocenters. The highest BCUT2D eigenvalue weighted by Gasteiger charge is 2.28. The molecule has 2 aromatic carbocycles. The Balaban J connectivity index is 1.73. The molecule has 0 aromatic heterocycles. The van der Waals surface area contributed by atoms with Crippen LogP contribution >= 0.6 is 0 Å². The lowest BCUT2D eigenvalue weighted by molar-refractivity contribution is 0.277. The van der Waals surface area contributed by atoms with Crippen LogP contribution in [0.3, 0.4) is 0 Å². The van der Waals surface area contributed by atoms with Crippen molar-refractivity contribution in [2.75, 3.05) is 7.11 Å². The van der Waals surface area contributed by atoms with Crippen molar-refractivity contribution in [3.05, 3.63) is 65.7 Å². The van der Waals surface area contributed by atoms with E-state index >= 15 is 0 Å². The maximum absolute atomic E-state index is 5.39. The predicted octanol–water partition coefficient (Wildman–Crippen LogP) is 6.16. The van der Waals surface area contributed by atoms with Crippen LogP contribution in [-0.2, 0) is 0 Å². The van der Waals surface area contributed by atoms with Crippen LogP contribution < -0.4 is 4.74 Å². The summed E-state index contributed by atoms with van der Waals surface area (Å²) in [5.41, 5.74) is 2.94. The molecule has 1 aliphatic rings. The van der Waals surface area contributed by atoms with E-state index in [1.165, 1.54) is 43.2 Å². The van der Waals surface area contributed by atoms with Crippen molar-refractivity contribution < 1.29 is 4.74 Å². The fourth-order valence-electron chi connectivity index (χ4n) is 4.17. The quantitative estimate of drug-likeness (QED) is 0.642. The van der Waals surface area contributed by atoms with E-state index in [9.17, 15) is 0 Å². The molecule has 0 radical (unpaired) electrons. The Kier molecular flexibility index (Phi) is 5.38. The van der Waals surface area contributed by atoms with Gasteiger partial charge in [-0.1, -0.05) is 62.2 Å². The van der Waals surface area contributed by atoms with Crippen LogP contribution in [0.1, 0.15) is 62.0 Å². The Bertz CT molecular complexity index is 604. The molecule has 1 aliphatic carbocycles. The molecule has 0 saturated heterocycles. The number of hydrogen-bond donors (Lipinski definition) is 0. The van der Waals surface area contributed by atoms with Gasteiger partial charge in [0.25, 0.3) is 0 Å².